The lowest BCUT2D eigenvalue weighted by molar-refractivity contribution is 0.798. The highest BCUT2D eigenvalue weighted by Gasteiger charge is 2.31. The number of anilines is 3. The van der Waals surface area contributed by atoms with Gasteiger partial charge in [-0.3, -0.25) is 14.3 Å². The van der Waals surface area contributed by atoms with E-state index in [0.29, 0.717) is 28.9 Å². The highest BCUT2D eigenvalue weighted by atomic mass is 35.5. The Kier molecular flexibility index (Phi) is 4.46. The van der Waals surface area contributed by atoms with Gasteiger partial charge >= 0.3 is 5.69 Å². The maximum absolute atomic E-state index is 12.2. The molecule has 1 aliphatic rings. The normalized spacial score (nSPS) is 12.5. The van der Waals surface area contributed by atoms with Crippen LogP contribution in [-0.2, 0) is 7.05 Å². The van der Waals surface area contributed by atoms with E-state index >= 15 is 0 Å². The van der Waals surface area contributed by atoms with Crippen molar-refractivity contribution in [3.8, 4) is 11.8 Å². The molecule has 0 amide bonds. The van der Waals surface area contributed by atoms with Gasteiger partial charge in [-0.25, -0.2) is 4.79 Å². The summed E-state index contributed by atoms with van der Waals surface area (Å²) in [4.78, 5) is 30.3. The van der Waals surface area contributed by atoms with Crippen LogP contribution in [0, 0.1) is 11.8 Å². The molecule has 0 saturated carbocycles. The van der Waals surface area contributed by atoms with Gasteiger partial charge in [0.25, 0.3) is 5.56 Å². The molecule has 4 rings (SSSR count). The number of hydrogen-bond acceptors (Lipinski definition) is 4. The average Bonchev–Trinajstić information content (AvgIpc) is 3.03. The molecule has 6 nitrogen and oxygen atoms in total. The van der Waals surface area contributed by atoms with E-state index in [1.807, 2.05) is 47.4 Å². The van der Waals surface area contributed by atoms with Crippen LogP contribution >= 0.6 is 11.6 Å². The number of benzene rings is 2. The summed E-state index contributed by atoms with van der Waals surface area (Å²) < 4.78 is 1.42. The average molecular weight is 393 g/mol. The lowest BCUT2D eigenvalue weighted by atomic mass is 10.1. The predicted molar refractivity (Wildman–Crippen MR) is 112 cm³/mol. The predicted octanol–water partition coefficient (Wildman–Crippen LogP) is 2.67. The van der Waals surface area contributed by atoms with Crippen LogP contribution in [-0.4, -0.2) is 23.3 Å². The zero-order valence-electron chi connectivity index (χ0n) is 15.4. The molecule has 3 aromatic rings. The summed E-state index contributed by atoms with van der Waals surface area (Å²) in [6, 6.07) is 15.2. The molecule has 1 aliphatic heterocycles. The zero-order chi connectivity index (χ0) is 19.8. The second-order valence-corrected chi connectivity index (χ2v) is 6.95. The first-order valence-corrected chi connectivity index (χ1v) is 9.02. The number of H-pyrrole nitrogens is 1. The van der Waals surface area contributed by atoms with E-state index in [1.165, 1.54) is 4.57 Å². The Labute approximate surface area is 166 Å². The first kappa shape index (κ1) is 18.0. The smallest absolute Gasteiger partial charge is 0.329 e. The van der Waals surface area contributed by atoms with Crippen LogP contribution in [0.25, 0.3) is 0 Å². The van der Waals surface area contributed by atoms with E-state index in [1.54, 1.807) is 25.1 Å². The van der Waals surface area contributed by atoms with Gasteiger partial charge < -0.3 is 9.80 Å². The van der Waals surface area contributed by atoms with Crippen LogP contribution in [0.4, 0.5) is 17.2 Å². The molecule has 0 spiro atoms. The first-order chi connectivity index (χ1) is 13.5. The number of hydrogen-bond donors (Lipinski definition) is 1. The minimum Gasteiger partial charge on any atom is -0.349 e. The Morgan fingerprint density at radius 1 is 1.00 bits per heavy atom. The van der Waals surface area contributed by atoms with E-state index in [2.05, 4.69) is 16.8 Å². The largest absolute Gasteiger partial charge is 0.349 e. The molecule has 140 valence electrons. The standard InChI is InChI=1S/C21H17ClN4O2/c1-24-13-26(20-18(24)19(27)23-21(28)25(20)2)17-11-10-15(12-16(17)22)9-8-14-6-4-3-5-7-14/h3-7,10-12H,13H2,1-2H3,(H,23,27,28). The fraction of sp³-hybridized carbons (Fsp3) is 0.143. The number of rotatable bonds is 1. The summed E-state index contributed by atoms with van der Waals surface area (Å²) in [5.41, 5.74) is 1.97. The van der Waals surface area contributed by atoms with E-state index in [-0.39, 0.29) is 0 Å². The molecule has 7 heteroatoms. The summed E-state index contributed by atoms with van der Waals surface area (Å²) in [7, 11) is 3.42. The minimum absolute atomic E-state index is 0.407. The van der Waals surface area contributed by atoms with Gasteiger partial charge in [-0.05, 0) is 30.3 Å². The third-order valence-electron chi connectivity index (χ3n) is 4.62. The van der Waals surface area contributed by atoms with Crippen molar-refractivity contribution in [3.05, 3.63) is 85.5 Å². The maximum Gasteiger partial charge on any atom is 0.329 e. The molecule has 1 aromatic heterocycles. The first-order valence-electron chi connectivity index (χ1n) is 8.64. The molecular formula is C21H17ClN4O2. The maximum atomic E-state index is 12.2. The van der Waals surface area contributed by atoms with Crippen molar-refractivity contribution in [1.29, 1.82) is 0 Å². The van der Waals surface area contributed by atoms with Crippen LogP contribution < -0.4 is 21.0 Å². The zero-order valence-corrected chi connectivity index (χ0v) is 16.1. The third kappa shape index (κ3) is 3.06. The molecule has 2 aromatic carbocycles. The molecule has 0 fully saturated rings. The molecule has 28 heavy (non-hydrogen) atoms. The van der Waals surface area contributed by atoms with Crippen LogP contribution in [0.1, 0.15) is 11.1 Å². The summed E-state index contributed by atoms with van der Waals surface area (Å²) in [5.74, 6) is 6.72. The molecule has 0 unspecified atom stereocenters. The lowest BCUT2D eigenvalue weighted by Gasteiger charge is -2.21. The Bertz CT molecular complexity index is 1240. The number of aromatic amines is 1. The van der Waals surface area contributed by atoms with Crippen LogP contribution in [0.2, 0.25) is 5.02 Å². The molecule has 0 atom stereocenters. The fourth-order valence-electron chi connectivity index (χ4n) is 3.26. The van der Waals surface area contributed by atoms with E-state index in [0.717, 1.165) is 11.1 Å². The summed E-state index contributed by atoms with van der Waals surface area (Å²) in [6.45, 7) is 0.407. The third-order valence-corrected chi connectivity index (χ3v) is 4.93. The van der Waals surface area contributed by atoms with Crippen LogP contribution in [0.5, 0.6) is 0 Å². The Morgan fingerprint density at radius 3 is 2.43 bits per heavy atom. The second-order valence-electron chi connectivity index (χ2n) is 6.54. The molecule has 0 aliphatic carbocycles. The number of halogens is 1. The Hall–Kier alpha value is -3.43. The van der Waals surface area contributed by atoms with Crippen molar-refractivity contribution in [2.75, 3.05) is 23.5 Å². The van der Waals surface area contributed by atoms with E-state index < -0.39 is 11.2 Å². The Balaban J connectivity index is 1.74. The van der Waals surface area contributed by atoms with Crippen molar-refractivity contribution < 1.29 is 0 Å². The van der Waals surface area contributed by atoms with Gasteiger partial charge in [-0.2, -0.15) is 0 Å². The lowest BCUT2D eigenvalue weighted by Crippen LogP contribution is -2.31. The fourth-order valence-corrected chi connectivity index (χ4v) is 3.54. The highest BCUT2D eigenvalue weighted by Crippen LogP contribution is 2.39. The number of nitrogens with one attached hydrogen (secondary N) is 1. The van der Waals surface area contributed by atoms with Crippen molar-refractivity contribution in [2.24, 2.45) is 7.05 Å². The van der Waals surface area contributed by atoms with Crippen molar-refractivity contribution >= 4 is 28.8 Å². The van der Waals surface area contributed by atoms with Crippen molar-refractivity contribution in [1.82, 2.24) is 9.55 Å². The van der Waals surface area contributed by atoms with E-state index in [4.69, 9.17) is 11.6 Å². The molecule has 2 heterocycles. The van der Waals surface area contributed by atoms with Crippen LogP contribution in [0.15, 0.2) is 58.1 Å². The monoisotopic (exact) mass is 392 g/mol. The molecule has 1 N–H and O–H groups in total. The van der Waals surface area contributed by atoms with Crippen LogP contribution in [0.3, 0.4) is 0 Å². The van der Waals surface area contributed by atoms with Gasteiger partial charge in [0.05, 0.1) is 17.4 Å². The van der Waals surface area contributed by atoms with Crippen molar-refractivity contribution in [3.63, 3.8) is 0 Å². The van der Waals surface area contributed by atoms with Gasteiger partial charge in [-0.1, -0.05) is 41.6 Å². The molecule has 0 bridgehead atoms. The topological polar surface area (TPSA) is 61.3 Å². The molecule has 0 radical (unpaired) electrons. The van der Waals surface area contributed by atoms with Gasteiger partial charge in [-0.15, -0.1) is 0 Å². The van der Waals surface area contributed by atoms with Gasteiger partial charge in [0, 0.05) is 25.2 Å². The SMILES string of the molecule is CN1CN(c2ccc(C#Cc3ccccc3)cc2Cl)c2c1c(=O)[nH]c(=O)n2C. The highest BCUT2D eigenvalue weighted by molar-refractivity contribution is 6.33. The Morgan fingerprint density at radius 2 is 1.71 bits per heavy atom. The quantitative estimate of drug-likeness (QED) is 0.647. The summed E-state index contributed by atoms with van der Waals surface area (Å²) >= 11 is 6.54. The second kappa shape index (κ2) is 6.95. The minimum atomic E-state index is -0.467. The summed E-state index contributed by atoms with van der Waals surface area (Å²) in [6.07, 6.45) is 0. The number of nitrogens with zero attached hydrogens (tertiary/aromatic N) is 3. The molecule has 0 saturated heterocycles. The van der Waals surface area contributed by atoms with E-state index in [9.17, 15) is 9.59 Å². The van der Waals surface area contributed by atoms with Gasteiger partial charge in [0.1, 0.15) is 11.5 Å². The number of fused-ring (bicyclic) bond motifs is 1. The number of aromatic nitrogens is 2. The summed E-state index contributed by atoms with van der Waals surface area (Å²) in [5, 5.41) is 0.494. The molecular weight excluding hydrogens is 376 g/mol. The van der Waals surface area contributed by atoms with Gasteiger partial charge in [0.2, 0.25) is 0 Å². The van der Waals surface area contributed by atoms with Gasteiger partial charge in [0.15, 0.2) is 0 Å². The van der Waals surface area contributed by atoms with Crippen molar-refractivity contribution in [2.45, 2.75) is 0 Å².